The van der Waals surface area contributed by atoms with E-state index in [1.54, 1.807) is 0 Å². The molecule has 112 valence electrons. The smallest absolute Gasteiger partial charge is 0.223 e. The molecular weight excluding hydrogens is 252 g/mol. The van der Waals surface area contributed by atoms with Gasteiger partial charge in [-0.3, -0.25) is 4.79 Å². The van der Waals surface area contributed by atoms with Gasteiger partial charge < -0.3 is 15.4 Å². The zero-order valence-corrected chi connectivity index (χ0v) is 12.9. The Kier molecular flexibility index (Phi) is 7.09. The number of amides is 1. The maximum Gasteiger partial charge on any atom is 0.223 e. The fraction of sp³-hybridized carbons (Fsp3) is 0.562. The van der Waals surface area contributed by atoms with Gasteiger partial charge in [-0.2, -0.15) is 0 Å². The third-order valence-electron chi connectivity index (χ3n) is 3.24. The molecule has 1 atom stereocenters. The number of carbonyl (C=O) groups excluding carboxylic acids is 1. The molecule has 0 aliphatic heterocycles. The molecule has 20 heavy (non-hydrogen) atoms. The lowest BCUT2D eigenvalue weighted by Crippen LogP contribution is -2.37. The summed E-state index contributed by atoms with van der Waals surface area (Å²) in [5.41, 5.74) is 1.29. The molecule has 0 saturated carbocycles. The molecule has 0 heterocycles. The molecule has 1 rings (SSSR count). The van der Waals surface area contributed by atoms with Crippen molar-refractivity contribution >= 4 is 5.91 Å². The van der Waals surface area contributed by atoms with Gasteiger partial charge in [0.1, 0.15) is 5.75 Å². The topological polar surface area (TPSA) is 50.4 Å². The highest BCUT2D eigenvalue weighted by molar-refractivity contribution is 5.76. The molecule has 2 N–H and O–H groups in total. The maximum absolute atomic E-state index is 11.6. The predicted molar refractivity (Wildman–Crippen MR) is 82.2 cm³/mol. The van der Waals surface area contributed by atoms with Crippen molar-refractivity contribution in [2.45, 2.75) is 39.2 Å². The van der Waals surface area contributed by atoms with Crippen LogP contribution in [0.25, 0.3) is 0 Å². The molecule has 0 aliphatic rings. The first-order chi connectivity index (χ1) is 9.52. The molecule has 0 saturated heterocycles. The summed E-state index contributed by atoms with van der Waals surface area (Å²) in [6, 6.07) is 8.32. The number of hydrogen-bond acceptors (Lipinski definition) is 3. The van der Waals surface area contributed by atoms with Crippen molar-refractivity contribution in [2.75, 3.05) is 20.2 Å². The third-order valence-corrected chi connectivity index (χ3v) is 3.24. The summed E-state index contributed by atoms with van der Waals surface area (Å²) < 4.78 is 5.57. The van der Waals surface area contributed by atoms with E-state index < -0.39 is 0 Å². The normalized spacial score (nSPS) is 12.2. The van der Waals surface area contributed by atoms with Crippen LogP contribution < -0.4 is 15.4 Å². The van der Waals surface area contributed by atoms with Gasteiger partial charge in [-0.15, -0.1) is 0 Å². The molecule has 0 radical (unpaired) electrons. The van der Waals surface area contributed by atoms with Crippen molar-refractivity contribution < 1.29 is 9.53 Å². The highest BCUT2D eigenvalue weighted by Gasteiger charge is 2.04. The third kappa shape index (κ3) is 6.06. The summed E-state index contributed by atoms with van der Waals surface area (Å²) in [6.45, 7) is 7.38. The second kappa shape index (κ2) is 8.59. The van der Waals surface area contributed by atoms with E-state index in [1.807, 2.05) is 26.1 Å². The first kappa shape index (κ1) is 16.5. The van der Waals surface area contributed by atoms with Crippen molar-refractivity contribution in [1.29, 1.82) is 0 Å². The summed E-state index contributed by atoms with van der Waals surface area (Å²) in [5, 5.41) is 5.93. The number of likely N-dealkylation sites (N-methyl/N-ethyl adjacent to an activating group) is 1. The van der Waals surface area contributed by atoms with Gasteiger partial charge in [0.05, 0.1) is 13.0 Å². The van der Waals surface area contributed by atoms with Gasteiger partial charge >= 0.3 is 0 Å². The van der Waals surface area contributed by atoms with Crippen LogP contribution in [-0.2, 0) is 4.79 Å². The lowest BCUT2D eigenvalue weighted by molar-refractivity contribution is -0.121. The quantitative estimate of drug-likeness (QED) is 0.767. The molecule has 0 bridgehead atoms. The van der Waals surface area contributed by atoms with Crippen LogP contribution in [0, 0.1) is 0 Å². The molecule has 0 spiro atoms. The van der Waals surface area contributed by atoms with Crippen molar-refractivity contribution in [2.24, 2.45) is 0 Å². The van der Waals surface area contributed by atoms with Crippen LogP contribution in [0.2, 0.25) is 0 Å². The largest absolute Gasteiger partial charge is 0.493 e. The van der Waals surface area contributed by atoms with E-state index in [-0.39, 0.29) is 11.9 Å². The van der Waals surface area contributed by atoms with E-state index >= 15 is 0 Å². The highest BCUT2D eigenvalue weighted by Crippen LogP contribution is 2.18. The van der Waals surface area contributed by atoms with Gasteiger partial charge in [-0.25, -0.2) is 0 Å². The van der Waals surface area contributed by atoms with Gasteiger partial charge in [0.15, 0.2) is 0 Å². The molecule has 0 aromatic heterocycles. The summed E-state index contributed by atoms with van der Waals surface area (Å²) in [7, 11) is 1.88. The Morgan fingerprint density at radius 2 is 1.85 bits per heavy atom. The van der Waals surface area contributed by atoms with Crippen molar-refractivity contribution in [3.63, 3.8) is 0 Å². The Balaban J connectivity index is 2.25. The standard InChI is InChI=1S/C16H26N2O2/c1-12(2)14-5-7-15(8-6-14)20-10-9-16(19)18-11-13(3)17-4/h5-8,12-13,17H,9-11H2,1-4H3,(H,18,19). The summed E-state index contributed by atoms with van der Waals surface area (Å²) in [4.78, 5) is 11.6. The predicted octanol–water partition coefficient (Wildman–Crippen LogP) is 2.30. The van der Waals surface area contributed by atoms with Crippen molar-refractivity contribution in [3.05, 3.63) is 29.8 Å². The van der Waals surface area contributed by atoms with E-state index in [2.05, 4.69) is 36.6 Å². The van der Waals surface area contributed by atoms with Gasteiger partial charge in [-0.1, -0.05) is 26.0 Å². The number of hydrogen-bond donors (Lipinski definition) is 2. The number of ether oxygens (including phenoxy) is 1. The molecule has 1 unspecified atom stereocenters. The van der Waals surface area contributed by atoms with Crippen LogP contribution in [0.4, 0.5) is 0 Å². The summed E-state index contributed by atoms with van der Waals surface area (Å²) in [5.74, 6) is 1.35. The average molecular weight is 278 g/mol. The molecule has 0 aliphatic carbocycles. The van der Waals surface area contributed by atoms with E-state index in [1.165, 1.54) is 5.56 Å². The van der Waals surface area contributed by atoms with Crippen LogP contribution >= 0.6 is 0 Å². The number of benzene rings is 1. The first-order valence-electron chi connectivity index (χ1n) is 7.19. The van der Waals surface area contributed by atoms with E-state index in [0.717, 1.165) is 5.75 Å². The average Bonchev–Trinajstić information content (AvgIpc) is 2.45. The fourth-order valence-electron chi connectivity index (χ4n) is 1.67. The summed E-state index contributed by atoms with van der Waals surface area (Å²) in [6.07, 6.45) is 0.377. The zero-order valence-electron chi connectivity index (χ0n) is 12.9. The van der Waals surface area contributed by atoms with Crippen LogP contribution in [0.3, 0.4) is 0 Å². The Labute approximate surface area is 121 Å². The number of nitrogens with one attached hydrogen (secondary N) is 2. The Morgan fingerprint density at radius 1 is 1.20 bits per heavy atom. The fourth-order valence-corrected chi connectivity index (χ4v) is 1.67. The van der Waals surface area contributed by atoms with Gasteiger partial charge in [0.2, 0.25) is 5.91 Å². The van der Waals surface area contributed by atoms with E-state index in [9.17, 15) is 4.79 Å². The van der Waals surface area contributed by atoms with Crippen LogP contribution in [0.5, 0.6) is 5.75 Å². The molecular formula is C16H26N2O2. The molecule has 4 nitrogen and oxygen atoms in total. The van der Waals surface area contributed by atoms with Crippen LogP contribution in [-0.4, -0.2) is 32.1 Å². The second-order valence-electron chi connectivity index (χ2n) is 5.32. The van der Waals surface area contributed by atoms with E-state index in [4.69, 9.17) is 4.74 Å². The highest BCUT2D eigenvalue weighted by atomic mass is 16.5. The molecule has 0 fully saturated rings. The minimum absolute atomic E-state index is 0.0194. The number of rotatable bonds is 8. The lowest BCUT2D eigenvalue weighted by atomic mass is 10.0. The molecule has 1 aromatic rings. The second-order valence-corrected chi connectivity index (χ2v) is 5.32. The molecule has 1 aromatic carbocycles. The van der Waals surface area contributed by atoms with Crippen molar-refractivity contribution in [1.82, 2.24) is 10.6 Å². The monoisotopic (exact) mass is 278 g/mol. The zero-order chi connectivity index (χ0) is 15.0. The van der Waals surface area contributed by atoms with Crippen molar-refractivity contribution in [3.8, 4) is 5.75 Å². The van der Waals surface area contributed by atoms with Gasteiger partial charge in [-0.05, 0) is 37.6 Å². The SMILES string of the molecule is CNC(C)CNC(=O)CCOc1ccc(C(C)C)cc1. The van der Waals surface area contributed by atoms with Gasteiger partial charge in [0, 0.05) is 12.6 Å². The van der Waals surface area contributed by atoms with Crippen LogP contribution in [0.1, 0.15) is 38.7 Å². The van der Waals surface area contributed by atoms with E-state index in [0.29, 0.717) is 25.5 Å². The minimum Gasteiger partial charge on any atom is -0.493 e. The first-order valence-corrected chi connectivity index (χ1v) is 7.19. The van der Waals surface area contributed by atoms with Crippen LogP contribution in [0.15, 0.2) is 24.3 Å². The maximum atomic E-state index is 11.6. The Morgan fingerprint density at radius 3 is 2.40 bits per heavy atom. The number of carbonyl (C=O) groups is 1. The Hall–Kier alpha value is -1.55. The Bertz CT molecular complexity index is 401. The van der Waals surface area contributed by atoms with Gasteiger partial charge in [0.25, 0.3) is 0 Å². The summed E-state index contributed by atoms with van der Waals surface area (Å²) >= 11 is 0. The minimum atomic E-state index is 0.0194. The molecule has 4 heteroatoms. The molecule has 1 amide bonds. The lowest BCUT2D eigenvalue weighted by Gasteiger charge is -2.12.